The summed E-state index contributed by atoms with van der Waals surface area (Å²) in [5.74, 6) is -0.207. The van der Waals surface area contributed by atoms with Crippen molar-refractivity contribution >= 4 is 23.6 Å². The summed E-state index contributed by atoms with van der Waals surface area (Å²) >= 11 is 0. The number of ether oxygens (including phenoxy) is 2. The highest BCUT2D eigenvalue weighted by molar-refractivity contribution is 5.96. The highest BCUT2D eigenvalue weighted by Gasteiger charge is 2.34. The largest absolute Gasteiger partial charge is 0.459 e. The molecule has 0 aromatic heterocycles. The van der Waals surface area contributed by atoms with Crippen molar-refractivity contribution in [1.82, 2.24) is 9.80 Å². The molecule has 9 nitrogen and oxygen atoms in total. The van der Waals surface area contributed by atoms with Crippen LogP contribution < -0.4 is 10.6 Å². The van der Waals surface area contributed by atoms with Crippen LogP contribution in [0.4, 0.5) is 10.5 Å². The Kier molecular flexibility index (Phi) is 6.62. The van der Waals surface area contributed by atoms with E-state index in [0.29, 0.717) is 25.2 Å². The number of nitrogen functional groups attached to an aromatic ring is 1. The normalized spacial score (nSPS) is 20.8. The minimum atomic E-state index is -0.469. The van der Waals surface area contributed by atoms with Crippen LogP contribution in [-0.4, -0.2) is 85.2 Å². The maximum absolute atomic E-state index is 12.3. The van der Waals surface area contributed by atoms with Gasteiger partial charge in [-0.25, -0.2) is 4.79 Å². The van der Waals surface area contributed by atoms with Gasteiger partial charge in [0.2, 0.25) is 0 Å². The van der Waals surface area contributed by atoms with Crippen LogP contribution in [-0.2, 0) is 14.3 Å². The second-order valence-corrected chi connectivity index (χ2v) is 8.74. The molecular weight excluding hydrogens is 386 g/mol. The highest BCUT2D eigenvalue weighted by atomic mass is 16.6. The lowest BCUT2D eigenvalue weighted by Gasteiger charge is -2.35. The molecule has 1 atom stereocenters. The number of hydrogen-bond donors (Lipinski definition) is 2. The molecule has 0 saturated carbocycles. The van der Waals surface area contributed by atoms with E-state index < -0.39 is 5.60 Å². The number of amidine groups is 1. The minimum Gasteiger partial charge on any atom is -0.459 e. The number of anilines is 1. The number of hydrogen-bond acceptors (Lipinski definition) is 7. The number of rotatable bonds is 6. The third-order valence-electron chi connectivity index (χ3n) is 5.06. The molecule has 2 aliphatic heterocycles. The van der Waals surface area contributed by atoms with Crippen molar-refractivity contribution in [2.45, 2.75) is 32.5 Å². The molecule has 2 saturated heterocycles. The first-order chi connectivity index (χ1) is 14.1. The van der Waals surface area contributed by atoms with Gasteiger partial charge in [-0.15, -0.1) is 0 Å². The molecule has 3 N–H and O–H groups in total. The zero-order valence-electron chi connectivity index (χ0n) is 17.9. The maximum Gasteiger partial charge on any atom is 0.414 e. The summed E-state index contributed by atoms with van der Waals surface area (Å²) in [5, 5.41) is 7.46. The smallest absolute Gasteiger partial charge is 0.414 e. The molecule has 2 aliphatic rings. The average Bonchev–Trinajstić information content (AvgIpc) is 3.02. The van der Waals surface area contributed by atoms with Crippen molar-refractivity contribution in [2.75, 3.05) is 50.7 Å². The molecule has 164 valence electrons. The van der Waals surface area contributed by atoms with Crippen LogP contribution in [0, 0.1) is 5.41 Å². The van der Waals surface area contributed by atoms with Gasteiger partial charge >= 0.3 is 12.1 Å². The number of benzene rings is 1. The van der Waals surface area contributed by atoms with Crippen LogP contribution in [0.25, 0.3) is 0 Å². The predicted octanol–water partition coefficient (Wildman–Crippen LogP) is 1.26. The van der Waals surface area contributed by atoms with E-state index in [-0.39, 0.29) is 24.0 Å². The van der Waals surface area contributed by atoms with Gasteiger partial charge in [0.05, 0.1) is 13.1 Å². The lowest BCUT2D eigenvalue weighted by Crippen LogP contribution is -2.50. The van der Waals surface area contributed by atoms with Gasteiger partial charge in [0.15, 0.2) is 0 Å². The molecular formula is C21H31N5O4. The summed E-state index contributed by atoms with van der Waals surface area (Å²) < 4.78 is 10.9. The van der Waals surface area contributed by atoms with Gasteiger partial charge in [0.25, 0.3) is 0 Å². The number of cyclic esters (lactones) is 1. The summed E-state index contributed by atoms with van der Waals surface area (Å²) in [6.45, 7) is 10.2. The summed E-state index contributed by atoms with van der Waals surface area (Å²) in [5.41, 5.74) is 6.36. The summed E-state index contributed by atoms with van der Waals surface area (Å²) in [6, 6.07) is 7.00. The first kappa shape index (κ1) is 22.0. The zero-order valence-corrected chi connectivity index (χ0v) is 17.9. The second kappa shape index (κ2) is 9.01. The van der Waals surface area contributed by atoms with Gasteiger partial charge in [-0.1, -0.05) is 0 Å². The van der Waals surface area contributed by atoms with Crippen LogP contribution >= 0.6 is 0 Å². The third-order valence-corrected chi connectivity index (χ3v) is 5.06. The van der Waals surface area contributed by atoms with Gasteiger partial charge in [0.1, 0.15) is 17.5 Å². The van der Waals surface area contributed by atoms with Crippen molar-refractivity contribution in [2.24, 2.45) is 5.73 Å². The Morgan fingerprint density at radius 2 is 1.77 bits per heavy atom. The van der Waals surface area contributed by atoms with Crippen LogP contribution in [0.15, 0.2) is 24.3 Å². The number of nitrogens with one attached hydrogen (secondary N) is 1. The SMILES string of the molecule is CC(C)(C)OC(=O)CN1CCN(C[C@@H]2CN(c3ccc(C(=N)N)cc3)C(=O)O2)CC1. The second-order valence-electron chi connectivity index (χ2n) is 8.74. The molecule has 0 unspecified atom stereocenters. The first-order valence-corrected chi connectivity index (χ1v) is 10.2. The van der Waals surface area contributed by atoms with Gasteiger partial charge in [-0.2, -0.15) is 0 Å². The molecule has 0 aliphatic carbocycles. The number of esters is 1. The zero-order chi connectivity index (χ0) is 21.9. The number of amides is 1. The Labute approximate surface area is 177 Å². The standard InChI is InChI=1S/C21H31N5O4/c1-21(2,3)30-18(27)14-25-10-8-24(9-11-25)12-17-13-26(20(28)29-17)16-6-4-15(5-7-16)19(22)23/h4-7,17H,8-14H2,1-3H3,(H3,22,23)/t17-/m1/s1. The van der Waals surface area contributed by atoms with Crippen molar-refractivity contribution < 1.29 is 19.1 Å². The van der Waals surface area contributed by atoms with Crippen molar-refractivity contribution in [3.63, 3.8) is 0 Å². The molecule has 1 amide bonds. The average molecular weight is 418 g/mol. The molecule has 2 fully saturated rings. The fourth-order valence-electron chi connectivity index (χ4n) is 3.62. The molecule has 1 aromatic rings. The van der Waals surface area contributed by atoms with Gasteiger partial charge in [-0.05, 0) is 45.0 Å². The van der Waals surface area contributed by atoms with Crippen LogP contribution in [0.3, 0.4) is 0 Å². The Bertz CT molecular complexity index is 782. The van der Waals surface area contributed by atoms with Crippen LogP contribution in [0.1, 0.15) is 26.3 Å². The molecule has 2 heterocycles. The molecule has 30 heavy (non-hydrogen) atoms. The number of carbonyl (C=O) groups is 2. The minimum absolute atomic E-state index is 0.00534. The van der Waals surface area contributed by atoms with Crippen LogP contribution in [0.2, 0.25) is 0 Å². The Morgan fingerprint density at radius 1 is 1.17 bits per heavy atom. The fourth-order valence-corrected chi connectivity index (χ4v) is 3.62. The summed E-state index contributed by atoms with van der Waals surface area (Å²) in [7, 11) is 0. The quantitative estimate of drug-likeness (QED) is 0.407. The van der Waals surface area contributed by atoms with Crippen molar-refractivity contribution in [3.8, 4) is 0 Å². The van der Waals surface area contributed by atoms with E-state index in [4.69, 9.17) is 20.6 Å². The lowest BCUT2D eigenvalue weighted by molar-refractivity contribution is -0.156. The molecule has 0 spiro atoms. The van der Waals surface area contributed by atoms with E-state index in [1.54, 1.807) is 29.2 Å². The predicted molar refractivity (Wildman–Crippen MR) is 114 cm³/mol. The van der Waals surface area contributed by atoms with E-state index in [0.717, 1.165) is 31.9 Å². The van der Waals surface area contributed by atoms with Gasteiger partial charge in [0, 0.05) is 44.0 Å². The number of carbonyl (C=O) groups excluding carboxylic acids is 2. The topological polar surface area (TPSA) is 112 Å². The highest BCUT2D eigenvalue weighted by Crippen LogP contribution is 2.23. The van der Waals surface area contributed by atoms with E-state index >= 15 is 0 Å². The number of piperazine rings is 1. The Morgan fingerprint density at radius 3 is 2.33 bits per heavy atom. The van der Waals surface area contributed by atoms with Gasteiger partial charge in [-0.3, -0.25) is 24.9 Å². The number of nitrogens with two attached hydrogens (primary N) is 1. The summed E-state index contributed by atoms with van der Waals surface area (Å²) in [6.07, 6.45) is -0.568. The molecule has 9 heteroatoms. The molecule has 0 bridgehead atoms. The third kappa shape index (κ3) is 5.93. The van der Waals surface area contributed by atoms with E-state index in [2.05, 4.69) is 9.80 Å². The lowest BCUT2D eigenvalue weighted by atomic mass is 10.2. The van der Waals surface area contributed by atoms with E-state index in [1.807, 2.05) is 20.8 Å². The van der Waals surface area contributed by atoms with Crippen molar-refractivity contribution in [1.29, 1.82) is 5.41 Å². The van der Waals surface area contributed by atoms with Gasteiger partial charge < -0.3 is 15.2 Å². The Balaban J connectivity index is 1.45. The molecule has 3 rings (SSSR count). The first-order valence-electron chi connectivity index (χ1n) is 10.2. The summed E-state index contributed by atoms with van der Waals surface area (Å²) in [4.78, 5) is 30.2. The van der Waals surface area contributed by atoms with E-state index in [9.17, 15) is 9.59 Å². The van der Waals surface area contributed by atoms with Crippen molar-refractivity contribution in [3.05, 3.63) is 29.8 Å². The van der Waals surface area contributed by atoms with E-state index in [1.165, 1.54) is 0 Å². The Hall–Kier alpha value is -2.65. The van der Waals surface area contributed by atoms with Crippen LogP contribution in [0.5, 0.6) is 0 Å². The fraction of sp³-hybridized carbons (Fsp3) is 0.571. The maximum atomic E-state index is 12.3. The monoisotopic (exact) mass is 417 g/mol. The molecule has 0 radical (unpaired) electrons. The number of nitrogens with zero attached hydrogens (tertiary/aromatic N) is 3. The molecule has 1 aromatic carbocycles.